The number of hydrogen-bond acceptors (Lipinski definition) is 4. The second-order valence-corrected chi connectivity index (χ2v) is 4.59. The Hall–Kier alpha value is -1.65. The molecule has 1 unspecified atom stereocenters. The molecule has 0 saturated carbocycles. The largest absolute Gasteiger partial charge is 0.481 e. The molecule has 1 fully saturated rings. The minimum Gasteiger partial charge on any atom is -0.481 e. The zero-order valence-electron chi connectivity index (χ0n) is 9.96. The SMILES string of the molecule is Cc1ccc(N2CCCC(CC(=O)O)C2)nn1. The first kappa shape index (κ1) is 11.8. The van der Waals surface area contributed by atoms with Crippen LogP contribution in [0.1, 0.15) is 25.0 Å². The molecule has 17 heavy (non-hydrogen) atoms. The van der Waals surface area contributed by atoms with Gasteiger partial charge in [0.2, 0.25) is 0 Å². The van der Waals surface area contributed by atoms with Crippen LogP contribution in [-0.4, -0.2) is 34.4 Å². The summed E-state index contributed by atoms with van der Waals surface area (Å²) in [5.41, 5.74) is 0.896. The van der Waals surface area contributed by atoms with Crippen molar-refractivity contribution >= 4 is 11.8 Å². The highest BCUT2D eigenvalue weighted by molar-refractivity contribution is 5.67. The van der Waals surface area contributed by atoms with E-state index in [1.165, 1.54) is 0 Å². The number of carbonyl (C=O) groups is 1. The minimum absolute atomic E-state index is 0.226. The molecule has 1 aliphatic heterocycles. The molecule has 0 amide bonds. The summed E-state index contributed by atoms with van der Waals surface area (Å²) in [7, 11) is 0. The van der Waals surface area contributed by atoms with E-state index in [4.69, 9.17) is 5.11 Å². The van der Waals surface area contributed by atoms with Gasteiger partial charge in [-0.15, -0.1) is 5.10 Å². The van der Waals surface area contributed by atoms with Crippen molar-refractivity contribution in [1.29, 1.82) is 0 Å². The Morgan fingerprint density at radius 3 is 3.00 bits per heavy atom. The topological polar surface area (TPSA) is 66.3 Å². The van der Waals surface area contributed by atoms with Gasteiger partial charge in [0.1, 0.15) is 0 Å². The number of nitrogens with zero attached hydrogens (tertiary/aromatic N) is 3. The summed E-state index contributed by atoms with van der Waals surface area (Å²) in [4.78, 5) is 12.8. The highest BCUT2D eigenvalue weighted by Crippen LogP contribution is 2.23. The van der Waals surface area contributed by atoms with Crippen LogP contribution in [0.15, 0.2) is 12.1 Å². The first-order chi connectivity index (χ1) is 8.15. The Balaban J connectivity index is 2.01. The van der Waals surface area contributed by atoms with Crippen LogP contribution in [0.25, 0.3) is 0 Å². The Labute approximate surface area is 100 Å². The fraction of sp³-hybridized carbons (Fsp3) is 0.583. The quantitative estimate of drug-likeness (QED) is 0.859. The van der Waals surface area contributed by atoms with Crippen LogP contribution < -0.4 is 4.90 Å². The summed E-state index contributed by atoms with van der Waals surface area (Å²) in [6, 6.07) is 3.88. The van der Waals surface area contributed by atoms with Gasteiger partial charge in [0, 0.05) is 19.5 Å². The van der Waals surface area contributed by atoms with Crippen molar-refractivity contribution in [2.24, 2.45) is 5.92 Å². The summed E-state index contributed by atoms with van der Waals surface area (Å²) in [6.07, 6.45) is 2.26. The number of rotatable bonds is 3. The summed E-state index contributed by atoms with van der Waals surface area (Å²) in [5, 5.41) is 17.0. The lowest BCUT2D eigenvalue weighted by Gasteiger charge is -2.32. The number of aromatic nitrogens is 2. The van der Waals surface area contributed by atoms with E-state index in [0.29, 0.717) is 0 Å². The Morgan fingerprint density at radius 2 is 2.35 bits per heavy atom. The summed E-state index contributed by atoms with van der Waals surface area (Å²) >= 11 is 0. The molecule has 0 aliphatic carbocycles. The molecule has 1 aromatic heterocycles. The first-order valence-electron chi connectivity index (χ1n) is 5.92. The number of piperidine rings is 1. The van der Waals surface area contributed by atoms with Gasteiger partial charge in [-0.1, -0.05) is 0 Å². The van der Waals surface area contributed by atoms with Crippen molar-refractivity contribution in [2.75, 3.05) is 18.0 Å². The lowest BCUT2D eigenvalue weighted by molar-refractivity contribution is -0.138. The van der Waals surface area contributed by atoms with E-state index in [1.54, 1.807) is 0 Å². The molecule has 92 valence electrons. The third-order valence-electron chi connectivity index (χ3n) is 3.09. The first-order valence-corrected chi connectivity index (χ1v) is 5.92. The predicted molar refractivity (Wildman–Crippen MR) is 64.0 cm³/mol. The van der Waals surface area contributed by atoms with Crippen LogP contribution in [-0.2, 0) is 4.79 Å². The van der Waals surface area contributed by atoms with E-state index in [1.807, 2.05) is 19.1 Å². The molecule has 0 radical (unpaired) electrons. The third-order valence-corrected chi connectivity index (χ3v) is 3.09. The van der Waals surface area contributed by atoms with Gasteiger partial charge < -0.3 is 10.0 Å². The maximum atomic E-state index is 10.7. The van der Waals surface area contributed by atoms with E-state index in [2.05, 4.69) is 15.1 Å². The third kappa shape index (κ3) is 3.15. The van der Waals surface area contributed by atoms with Gasteiger partial charge in [-0.3, -0.25) is 4.79 Å². The van der Waals surface area contributed by atoms with Crippen molar-refractivity contribution in [1.82, 2.24) is 10.2 Å². The molecule has 0 aromatic carbocycles. The molecule has 1 aliphatic rings. The molecule has 0 spiro atoms. The van der Waals surface area contributed by atoms with E-state index in [9.17, 15) is 4.79 Å². The molecule has 2 heterocycles. The highest BCUT2D eigenvalue weighted by Gasteiger charge is 2.22. The van der Waals surface area contributed by atoms with Gasteiger partial charge in [0.05, 0.1) is 5.69 Å². The number of carboxylic acid groups (broad SMARTS) is 1. The van der Waals surface area contributed by atoms with Crippen LogP contribution in [0.5, 0.6) is 0 Å². The lowest BCUT2D eigenvalue weighted by Crippen LogP contribution is -2.36. The second-order valence-electron chi connectivity index (χ2n) is 4.59. The molecule has 5 nitrogen and oxygen atoms in total. The average molecular weight is 235 g/mol. The molecule has 1 atom stereocenters. The molecule has 1 N–H and O–H groups in total. The van der Waals surface area contributed by atoms with Gasteiger partial charge in [-0.2, -0.15) is 5.10 Å². The average Bonchev–Trinajstić information content (AvgIpc) is 2.29. The van der Waals surface area contributed by atoms with Crippen LogP contribution in [0.4, 0.5) is 5.82 Å². The predicted octanol–water partition coefficient (Wildman–Crippen LogP) is 1.48. The number of aliphatic carboxylic acids is 1. The van der Waals surface area contributed by atoms with Crippen LogP contribution >= 0.6 is 0 Å². The van der Waals surface area contributed by atoms with E-state index >= 15 is 0 Å². The fourth-order valence-corrected chi connectivity index (χ4v) is 2.25. The van der Waals surface area contributed by atoms with Crippen LogP contribution in [0.3, 0.4) is 0 Å². The van der Waals surface area contributed by atoms with Crippen molar-refractivity contribution in [2.45, 2.75) is 26.2 Å². The number of aryl methyl sites for hydroxylation is 1. The number of hydrogen-bond donors (Lipinski definition) is 1. The Kier molecular flexibility index (Phi) is 3.56. The molecule has 0 bridgehead atoms. The van der Waals surface area contributed by atoms with E-state index in [-0.39, 0.29) is 12.3 Å². The van der Waals surface area contributed by atoms with Crippen molar-refractivity contribution in [3.63, 3.8) is 0 Å². The van der Waals surface area contributed by atoms with Crippen molar-refractivity contribution in [3.8, 4) is 0 Å². The molecule has 1 saturated heterocycles. The molecule has 1 aromatic rings. The molecular formula is C12H17N3O2. The molecule has 2 rings (SSSR count). The van der Waals surface area contributed by atoms with Crippen molar-refractivity contribution < 1.29 is 9.90 Å². The zero-order chi connectivity index (χ0) is 12.3. The maximum Gasteiger partial charge on any atom is 0.303 e. The van der Waals surface area contributed by atoms with Gasteiger partial charge in [0.15, 0.2) is 5.82 Å². The van der Waals surface area contributed by atoms with Gasteiger partial charge in [0.25, 0.3) is 0 Å². The van der Waals surface area contributed by atoms with Gasteiger partial charge >= 0.3 is 5.97 Å². The van der Waals surface area contributed by atoms with Crippen LogP contribution in [0.2, 0.25) is 0 Å². The standard InChI is InChI=1S/C12H17N3O2/c1-9-4-5-11(14-13-9)15-6-2-3-10(8-15)7-12(16)17/h4-5,10H,2-3,6-8H2,1H3,(H,16,17). The Bertz CT molecular complexity index is 391. The second kappa shape index (κ2) is 5.12. The van der Waals surface area contributed by atoms with Crippen LogP contribution in [0, 0.1) is 12.8 Å². The summed E-state index contributed by atoms with van der Waals surface area (Å²) in [5.74, 6) is 0.363. The molecular weight excluding hydrogens is 218 g/mol. The Morgan fingerprint density at radius 1 is 1.53 bits per heavy atom. The summed E-state index contributed by atoms with van der Waals surface area (Å²) < 4.78 is 0. The zero-order valence-corrected chi connectivity index (χ0v) is 9.96. The summed E-state index contributed by atoms with van der Waals surface area (Å²) in [6.45, 7) is 3.61. The lowest BCUT2D eigenvalue weighted by atomic mass is 9.95. The number of carboxylic acids is 1. The smallest absolute Gasteiger partial charge is 0.303 e. The van der Waals surface area contributed by atoms with E-state index < -0.39 is 5.97 Å². The van der Waals surface area contributed by atoms with Gasteiger partial charge in [-0.05, 0) is 37.8 Å². The fourth-order valence-electron chi connectivity index (χ4n) is 2.25. The van der Waals surface area contributed by atoms with Crippen molar-refractivity contribution in [3.05, 3.63) is 17.8 Å². The minimum atomic E-state index is -0.716. The van der Waals surface area contributed by atoms with Gasteiger partial charge in [-0.25, -0.2) is 0 Å². The number of anilines is 1. The maximum absolute atomic E-state index is 10.7. The molecule has 5 heteroatoms. The van der Waals surface area contributed by atoms with E-state index in [0.717, 1.165) is 37.4 Å². The normalized spacial score (nSPS) is 20.3. The monoisotopic (exact) mass is 235 g/mol. The highest BCUT2D eigenvalue weighted by atomic mass is 16.4.